The van der Waals surface area contributed by atoms with E-state index in [4.69, 9.17) is 9.97 Å². The van der Waals surface area contributed by atoms with Crippen molar-refractivity contribution in [3.63, 3.8) is 0 Å². The number of hydrogen-bond acceptors (Lipinski definition) is 5. The van der Waals surface area contributed by atoms with Crippen molar-refractivity contribution in [2.75, 3.05) is 23.7 Å². The maximum Gasteiger partial charge on any atom is 0.230 e. The number of anilines is 1. The van der Waals surface area contributed by atoms with Crippen LogP contribution < -0.4 is 10.2 Å². The number of carbonyl (C=O) groups is 1. The van der Waals surface area contributed by atoms with E-state index in [0.717, 1.165) is 60.8 Å². The van der Waals surface area contributed by atoms with Gasteiger partial charge in [0.05, 0.1) is 11.3 Å². The third kappa shape index (κ3) is 4.70. The van der Waals surface area contributed by atoms with E-state index in [2.05, 4.69) is 41.4 Å². The molecule has 5 nitrogen and oxygen atoms in total. The Hall–Kier alpha value is -2.60. The van der Waals surface area contributed by atoms with Gasteiger partial charge in [-0.25, -0.2) is 9.97 Å². The van der Waals surface area contributed by atoms with E-state index in [9.17, 15) is 4.79 Å². The van der Waals surface area contributed by atoms with Crippen LogP contribution in [0.25, 0.3) is 10.9 Å². The van der Waals surface area contributed by atoms with Crippen LogP contribution in [0, 0.1) is 0 Å². The molecule has 0 bridgehead atoms. The number of benzene rings is 2. The first-order chi connectivity index (χ1) is 14.2. The molecule has 0 radical (unpaired) electrons. The minimum absolute atomic E-state index is 0.0552. The highest BCUT2D eigenvalue weighted by Crippen LogP contribution is 2.29. The molecule has 0 aliphatic carbocycles. The fourth-order valence-electron chi connectivity index (χ4n) is 3.54. The normalized spacial score (nSPS) is 13.3. The van der Waals surface area contributed by atoms with Crippen molar-refractivity contribution in [1.82, 2.24) is 15.3 Å². The summed E-state index contributed by atoms with van der Waals surface area (Å²) in [6.07, 6.45) is 3.08. The zero-order chi connectivity index (χ0) is 20.1. The Kier molecular flexibility index (Phi) is 6.30. The lowest BCUT2D eigenvalue weighted by Crippen LogP contribution is -2.31. The first-order valence-electron chi connectivity index (χ1n) is 10.2. The quantitative estimate of drug-likeness (QED) is 0.362. The summed E-state index contributed by atoms with van der Waals surface area (Å²) in [7, 11) is 0. The van der Waals surface area contributed by atoms with Crippen LogP contribution in [0.1, 0.15) is 30.9 Å². The molecule has 0 saturated heterocycles. The summed E-state index contributed by atoms with van der Waals surface area (Å²) in [6, 6.07) is 16.6. The average molecular weight is 407 g/mol. The van der Waals surface area contributed by atoms with Crippen LogP contribution in [0.5, 0.6) is 0 Å². The summed E-state index contributed by atoms with van der Waals surface area (Å²) in [5.74, 6) is 1.17. The second kappa shape index (κ2) is 9.27. The number of thioether (sulfide) groups is 1. The molecular weight excluding hydrogens is 380 g/mol. The molecule has 0 spiro atoms. The maximum atomic E-state index is 12.2. The fourth-order valence-corrected chi connectivity index (χ4v) is 4.39. The van der Waals surface area contributed by atoms with Gasteiger partial charge in [0.15, 0.2) is 0 Å². The third-order valence-electron chi connectivity index (χ3n) is 5.16. The second-order valence-electron chi connectivity index (χ2n) is 7.28. The predicted molar refractivity (Wildman–Crippen MR) is 119 cm³/mol. The van der Waals surface area contributed by atoms with Gasteiger partial charge >= 0.3 is 0 Å². The lowest BCUT2D eigenvalue weighted by atomic mass is 10.0. The van der Waals surface area contributed by atoms with Crippen molar-refractivity contribution in [3.05, 3.63) is 59.7 Å². The average Bonchev–Trinajstić information content (AvgIpc) is 2.77. The number of amides is 1. The summed E-state index contributed by atoms with van der Waals surface area (Å²) in [6.45, 7) is 4.57. The van der Waals surface area contributed by atoms with Gasteiger partial charge in [0.2, 0.25) is 11.9 Å². The molecule has 1 aliphatic rings. The molecule has 1 amide bonds. The number of para-hydroxylation sites is 1. The predicted octanol–water partition coefficient (Wildman–Crippen LogP) is 4.20. The lowest BCUT2D eigenvalue weighted by Gasteiger charge is -2.29. The summed E-state index contributed by atoms with van der Waals surface area (Å²) in [5.41, 5.74) is 3.66. The van der Waals surface area contributed by atoms with Gasteiger partial charge in [-0.3, -0.25) is 4.79 Å². The van der Waals surface area contributed by atoms with Crippen molar-refractivity contribution in [1.29, 1.82) is 0 Å². The molecule has 150 valence electrons. The van der Waals surface area contributed by atoms with Crippen molar-refractivity contribution < 1.29 is 4.79 Å². The molecule has 0 unspecified atom stereocenters. The molecule has 6 heteroatoms. The SMILES string of the molecule is CCCCNC(=O)CSc1nc(N2CCc3ccccc3C2)nc2ccccc12. The van der Waals surface area contributed by atoms with Crippen LogP contribution >= 0.6 is 11.8 Å². The van der Waals surface area contributed by atoms with Crippen molar-refractivity contribution >= 4 is 34.5 Å². The molecule has 4 rings (SSSR count). The second-order valence-corrected chi connectivity index (χ2v) is 8.24. The minimum atomic E-state index is 0.0552. The first kappa shape index (κ1) is 19.7. The molecule has 1 aliphatic heterocycles. The molecule has 29 heavy (non-hydrogen) atoms. The summed E-state index contributed by atoms with van der Waals surface area (Å²) in [4.78, 5) is 24.1. The summed E-state index contributed by atoms with van der Waals surface area (Å²) in [5, 5.41) is 4.85. The Morgan fingerprint density at radius 3 is 2.76 bits per heavy atom. The van der Waals surface area contributed by atoms with Gasteiger partial charge in [-0.05, 0) is 30.0 Å². The number of unbranched alkanes of at least 4 members (excludes halogenated alkanes) is 1. The molecule has 0 fully saturated rings. The molecule has 2 heterocycles. The zero-order valence-corrected chi connectivity index (χ0v) is 17.5. The maximum absolute atomic E-state index is 12.2. The number of carbonyl (C=O) groups excluding carboxylic acids is 1. The Labute approximate surface area is 175 Å². The van der Waals surface area contributed by atoms with E-state index in [1.807, 2.05) is 24.3 Å². The van der Waals surface area contributed by atoms with E-state index in [0.29, 0.717) is 5.75 Å². The van der Waals surface area contributed by atoms with E-state index in [-0.39, 0.29) is 5.91 Å². The van der Waals surface area contributed by atoms with Crippen LogP contribution in [0.15, 0.2) is 53.6 Å². The van der Waals surface area contributed by atoms with Gasteiger partial charge in [-0.15, -0.1) is 0 Å². The number of hydrogen-bond donors (Lipinski definition) is 1. The number of nitrogens with one attached hydrogen (secondary N) is 1. The Balaban J connectivity index is 1.56. The first-order valence-corrected chi connectivity index (χ1v) is 11.2. The molecule has 1 N–H and O–H groups in total. The van der Waals surface area contributed by atoms with E-state index < -0.39 is 0 Å². The number of aromatic nitrogens is 2. The Morgan fingerprint density at radius 2 is 1.90 bits per heavy atom. The standard InChI is InChI=1S/C23H26N4OS/c1-2-3-13-24-21(28)16-29-22-19-10-6-7-11-20(19)25-23(26-22)27-14-12-17-8-4-5-9-18(17)15-27/h4-11H,2-3,12-16H2,1H3,(H,24,28). The smallest absolute Gasteiger partial charge is 0.230 e. The lowest BCUT2D eigenvalue weighted by molar-refractivity contribution is -0.118. The van der Waals surface area contributed by atoms with Crippen molar-refractivity contribution in [2.24, 2.45) is 0 Å². The van der Waals surface area contributed by atoms with Crippen molar-refractivity contribution in [3.8, 4) is 0 Å². The van der Waals surface area contributed by atoms with Crippen LogP contribution in [0.3, 0.4) is 0 Å². The monoisotopic (exact) mass is 406 g/mol. The van der Waals surface area contributed by atoms with Crippen LogP contribution in [-0.2, 0) is 17.8 Å². The van der Waals surface area contributed by atoms with Gasteiger partial charge in [0.25, 0.3) is 0 Å². The van der Waals surface area contributed by atoms with Crippen LogP contribution in [-0.4, -0.2) is 34.7 Å². The van der Waals surface area contributed by atoms with Crippen LogP contribution in [0.2, 0.25) is 0 Å². The highest BCUT2D eigenvalue weighted by atomic mass is 32.2. The van der Waals surface area contributed by atoms with E-state index in [1.54, 1.807) is 0 Å². The molecule has 1 aromatic heterocycles. The van der Waals surface area contributed by atoms with E-state index in [1.165, 1.54) is 22.9 Å². The van der Waals surface area contributed by atoms with Crippen LogP contribution in [0.4, 0.5) is 5.95 Å². The topological polar surface area (TPSA) is 58.1 Å². The van der Waals surface area contributed by atoms with Gasteiger partial charge in [0, 0.05) is 25.0 Å². The third-order valence-corrected chi connectivity index (χ3v) is 6.15. The largest absolute Gasteiger partial charge is 0.355 e. The highest BCUT2D eigenvalue weighted by molar-refractivity contribution is 8.00. The molecule has 2 aromatic carbocycles. The molecule has 0 saturated carbocycles. The number of fused-ring (bicyclic) bond motifs is 2. The summed E-state index contributed by atoms with van der Waals surface area (Å²) < 4.78 is 0. The van der Waals surface area contributed by atoms with Gasteiger partial charge in [-0.2, -0.15) is 0 Å². The number of nitrogens with zero attached hydrogens (tertiary/aromatic N) is 3. The minimum Gasteiger partial charge on any atom is -0.355 e. The van der Waals surface area contributed by atoms with Crippen molar-refractivity contribution in [2.45, 2.75) is 37.8 Å². The molecular formula is C23H26N4OS. The number of rotatable bonds is 7. The summed E-state index contributed by atoms with van der Waals surface area (Å²) >= 11 is 1.49. The highest BCUT2D eigenvalue weighted by Gasteiger charge is 2.20. The van der Waals surface area contributed by atoms with Gasteiger partial charge in [0.1, 0.15) is 5.03 Å². The molecule has 0 atom stereocenters. The zero-order valence-electron chi connectivity index (χ0n) is 16.7. The Bertz CT molecular complexity index is 1010. The van der Waals surface area contributed by atoms with Gasteiger partial charge in [-0.1, -0.05) is 67.6 Å². The Morgan fingerprint density at radius 1 is 1.10 bits per heavy atom. The van der Waals surface area contributed by atoms with Gasteiger partial charge < -0.3 is 10.2 Å². The van der Waals surface area contributed by atoms with E-state index >= 15 is 0 Å². The molecule has 3 aromatic rings. The fraction of sp³-hybridized carbons (Fsp3) is 0.348.